The van der Waals surface area contributed by atoms with Crippen LogP contribution < -0.4 is 34.3 Å². The van der Waals surface area contributed by atoms with Crippen LogP contribution in [0.5, 0.6) is 0 Å². The first kappa shape index (κ1) is 23.7. The Morgan fingerprint density at radius 1 is 0.963 bits per heavy atom. The number of nitrogens with one attached hydrogen (secondary N) is 1. The zero-order valence-corrected chi connectivity index (χ0v) is 17.4. The van der Waals surface area contributed by atoms with Gasteiger partial charge in [0.25, 0.3) is 0 Å². The van der Waals surface area contributed by atoms with Crippen molar-refractivity contribution in [1.82, 2.24) is 4.57 Å². The summed E-state index contributed by atoms with van der Waals surface area (Å²) in [6.07, 6.45) is 5.05. The third-order valence-corrected chi connectivity index (χ3v) is 5.31. The van der Waals surface area contributed by atoms with Gasteiger partial charge >= 0.3 is 0 Å². The minimum atomic E-state index is 0. The summed E-state index contributed by atoms with van der Waals surface area (Å²) in [5.41, 5.74) is 3.89. The smallest absolute Gasteiger partial charge is 0.245 e. The predicted molar refractivity (Wildman–Crippen MR) is 101 cm³/mol. The Bertz CT molecular complexity index is 830. The van der Waals surface area contributed by atoms with Crippen molar-refractivity contribution in [2.75, 3.05) is 19.6 Å². The average Bonchev–Trinajstić information content (AvgIpc) is 3.24. The van der Waals surface area contributed by atoms with Gasteiger partial charge in [-0.25, -0.2) is 9.13 Å². The van der Waals surface area contributed by atoms with Crippen LogP contribution in [-0.4, -0.2) is 29.7 Å². The van der Waals surface area contributed by atoms with Crippen molar-refractivity contribution in [1.29, 1.82) is 0 Å². The van der Waals surface area contributed by atoms with Crippen LogP contribution in [-0.2, 0) is 13.1 Å². The number of nitrogens with zero attached hydrogens (tertiary/aromatic N) is 2. The molecule has 0 radical (unpaired) electrons. The molecule has 4 nitrogen and oxygen atoms in total. The lowest BCUT2D eigenvalue weighted by Gasteiger charge is -2.09. The molecule has 0 saturated carbocycles. The summed E-state index contributed by atoms with van der Waals surface area (Å²) in [7, 11) is 0. The first-order chi connectivity index (χ1) is 11.8. The van der Waals surface area contributed by atoms with Gasteiger partial charge in [0.2, 0.25) is 6.33 Å². The fourth-order valence-electron chi connectivity index (χ4n) is 3.74. The van der Waals surface area contributed by atoms with E-state index in [2.05, 4.69) is 51.9 Å². The molecule has 0 spiro atoms. The molecule has 148 valence electrons. The quantitative estimate of drug-likeness (QED) is 0.397. The summed E-state index contributed by atoms with van der Waals surface area (Å²) in [6.45, 7) is 5.86. The standard InChI is InChI=1S/C20H23ClN3.2ClH.H2O/c21-18-9-7-17(8-10-18)15-24-16-23(14-13-22-11-3-4-12-22)19-5-1-2-6-20(19)24;;;/h1-2,5-10,16H,3-4,11-15H2;2*1H;1H2/q+1;;;/p-1. The monoisotopic (exact) mass is 429 g/mol. The number of aromatic nitrogens is 2. The maximum absolute atomic E-state index is 6.00. The minimum absolute atomic E-state index is 0. The van der Waals surface area contributed by atoms with Crippen LogP contribution in [0.1, 0.15) is 18.4 Å². The molecule has 0 aliphatic carbocycles. The molecule has 27 heavy (non-hydrogen) atoms. The highest BCUT2D eigenvalue weighted by Gasteiger charge is 2.19. The molecule has 0 bridgehead atoms. The van der Waals surface area contributed by atoms with E-state index < -0.39 is 0 Å². The fourth-order valence-corrected chi connectivity index (χ4v) is 3.86. The number of rotatable bonds is 5. The molecule has 1 aliphatic rings. The predicted octanol–water partition coefficient (Wildman–Crippen LogP) is -4.51. The van der Waals surface area contributed by atoms with E-state index in [4.69, 9.17) is 11.6 Å². The van der Waals surface area contributed by atoms with Crippen molar-refractivity contribution in [3.8, 4) is 0 Å². The Balaban J connectivity index is 0.00000121. The maximum Gasteiger partial charge on any atom is 0.245 e. The zero-order chi connectivity index (χ0) is 16.4. The summed E-state index contributed by atoms with van der Waals surface area (Å²) >= 11 is 6.00. The van der Waals surface area contributed by atoms with Crippen LogP contribution in [0.15, 0.2) is 54.9 Å². The van der Waals surface area contributed by atoms with Gasteiger partial charge in [-0.3, -0.25) is 0 Å². The summed E-state index contributed by atoms with van der Waals surface area (Å²) in [5, 5.41) is 0.791. The van der Waals surface area contributed by atoms with E-state index in [9.17, 15) is 0 Å². The van der Waals surface area contributed by atoms with Gasteiger partial charge in [-0.05, 0) is 29.8 Å². The third-order valence-electron chi connectivity index (χ3n) is 5.06. The van der Waals surface area contributed by atoms with Crippen molar-refractivity contribution >= 4 is 22.6 Å². The molecule has 1 fully saturated rings. The number of para-hydroxylation sites is 2. The second-order valence-corrected chi connectivity index (χ2v) is 7.20. The van der Waals surface area contributed by atoms with E-state index in [1.807, 2.05) is 12.1 Å². The van der Waals surface area contributed by atoms with Crippen LogP contribution in [0.25, 0.3) is 11.0 Å². The third kappa shape index (κ3) is 5.59. The topological polar surface area (TPSA) is 44.8 Å². The Labute approximate surface area is 177 Å². The first-order valence-electron chi connectivity index (χ1n) is 8.85. The first-order valence-corrected chi connectivity index (χ1v) is 9.23. The van der Waals surface area contributed by atoms with E-state index in [-0.39, 0.29) is 30.3 Å². The summed E-state index contributed by atoms with van der Waals surface area (Å²) in [6, 6.07) is 16.8. The lowest BCUT2D eigenvalue weighted by molar-refractivity contribution is -0.888. The van der Waals surface area contributed by atoms with Gasteiger partial charge in [0.1, 0.15) is 19.6 Å². The van der Waals surface area contributed by atoms with Gasteiger partial charge in [0.05, 0.1) is 13.1 Å². The fraction of sp³-hybridized carbons (Fsp3) is 0.350. The molecular weight excluding hydrogens is 405 g/mol. The highest BCUT2D eigenvalue weighted by molar-refractivity contribution is 6.30. The van der Waals surface area contributed by atoms with Gasteiger partial charge in [-0.2, -0.15) is 0 Å². The number of fused-ring (bicyclic) bond motifs is 1. The molecule has 3 N–H and O–H groups in total. The molecule has 0 atom stereocenters. The molecule has 2 heterocycles. The molecule has 3 aromatic rings. The van der Waals surface area contributed by atoms with Crippen molar-refractivity contribution < 1.29 is 39.8 Å². The van der Waals surface area contributed by atoms with E-state index in [0.29, 0.717) is 0 Å². The Morgan fingerprint density at radius 3 is 2.33 bits per heavy atom. The number of benzene rings is 2. The molecule has 4 rings (SSSR count). The maximum atomic E-state index is 6.00. The Hall–Kier alpha value is -1.30. The molecule has 1 aliphatic heterocycles. The van der Waals surface area contributed by atoms with Crippen LogP contribution in [0.3, 0.4) is 0 Å². The van der Waals surface area contributed by atoms with E-state index >= 15 is 0 Å². The van der Waals surface area contributed by atoms with Crippen LogP contribution >= 0.6 is 11.6 Å². The van der Waals surface area contributed by atoms with Crippen molar-refractivity contribution in [2.24, 2.45) is 0 Å². The zero-order valence-electron chi connectivity index (χ0n) is 15.2. The highest BCUT2D eigenvalue weighted by Crippen LogP contribution is 2.13. The number of quaternary nitrogens is 1. The highest BCUT2D eigenvalue weighted by atomic mass is 35.5. The second-order valence-electron chi connectivity index (χ2n) is 6.76. The normalized spacial score (nSPS) is 13.7. The van der Waals surface area contributed by atoms with Gasteiger partial charge in [0.15, 0.2) is 11.0 Å². The lowest BCUT2D eigenvalue weighted by Crippen LogP contribution is -3.10. The molecule has 0 unspecified atom stereocenters. The average molecular weight is 431 g/mol. The van der Waals surface area contributed by atoms with Crippen molar-refractivity contribution in [3.63, 3.8) is 0 Å². The summed E-state index contributed by atoms with van der Waals surface area (Å²) in [5.74, 6) is 0. The van der Waals surface area contributed by atoms with Crippen molar-refractivity contribution in [2.45, 2.75) is 25.9 Å². The number of likely N-dealkylation sites (tertiary alicyclic amines) is 1. The largest absolute Gasteiger partial charge is 1.00 e. The summed E-state index contributed by atoms with van der Waals surface area (Å²) in [4.78, 5) is 1.75. The van der Waals surface area contributed by atoms with Crippen LogP contribution in [0.2, 0.25) is 5.02 Å². The minimum Gasteiger partial charge on any atom is -1.00 e. The lowest BCUT2D eigenvalue weighted by atomic mass is 10.2. The van der Waals surface area contributed by atoms with E-state index in [1.165, 1.54) is 49.1 Å². The SMILES string of the molecule is Clc1ccc(C[n+]2cn(CC[NH+]3CCCC3)c3ccccc32)cc1.O.[Cl-].[Cl-]. The van der Waals surface area contributed by atoms with Gasteiger partial charge in [0, 0.05) is 17.9 Å². The molecule has 1 saturated heterocycles. The van der Waals surface area contributed by atoms with E-state index in [1.54, 1.807) is 4.90 Å². The number of hydrogen-bond donors (Lipinski definition) is 1. The van der Waals surface area contributed by atoms with Crippen LogP contribution in [0.4, 0.5) is 0 Å². The van der Waals surface area contributed by atoms with Crippen molar-refractivity contribution in [3.05, 3.63) is 65.4 Å². The Morgan fingerprint density at radius 2 is 1.63 bits per heavy atom. The Kier molecular flexibility index (Phi) is 9.57. The van der Waals surface area contributed by atoms with Crippen LogP contribution in [0, 0.1) is 0 Å². The molecular formula is C20H26Cl3N3O. The molecule has 0 amide bonds. The number of imidazole rings is 1. The number of halogens is 3. The van der Waals surface area contributed by atoms with Gasteiger partial charge in [-0.15, -0.1) is 0 Å². The molecule has 7 heteroatoms. The van der Waals surface area contributed by atoms with Gasteiger partial charge in [-0.1, -0.05) is 35.9 Å². The number of hydrogen-bond acceptors (Lipinski definition) is 0. The van der Waals surface area contributed by atoms with E-state index in [0.717, 1.165) is 18.1 Å². The second kappa shape index (κ2) is 10.9. The molecule has 2 aromatic carbocycles. The van der Waals surface area contributed by atoms with Gasteiger partial charge < -0.3 is 35.2 Å². The molecule has 1 aromatic heterocycles. The summed E-state index contributed by atoms with van der Waals surface area (Å²) < 4.78 is 4.76.